The van der Waals surface area contributed by atoms with E-state index < -0.39 is 29.0 Å². The van der Waals surface area contributed by atoms with E-state index in [1.54, 1.807) is 0 Å². The van der Waals surface area contributed by atoms with Crippen LogP contribution in [0.4, 0.5) is 8.78 Å². The van der Waals surface area contributed by atoms with E-state index in [4.69, 9.17) is 15.2 Å². The molecule has 1 aromatic carbocycles. The summed E-state index contributed by atoms with van der Waals surface area (Å²) in [5, 5.41) is 0. The summed E-state index contributed by atoms with van der Waals surface area (Å²) in [7, 11) is -4.02. The van der Waals surface area contributed by atoms with Gasteiger partial charge in [0, 0.05) is 6.61 Å². The minimum Gasteiger partial charge on any atom is -0.491 e. The Bertz CT molecular complexity index is 550. The third-order valence-electron chi connectivity index (χ3n) is 2.65. The lowest BCUT2D eigenvalue weighted by molar-refractivity contribution is 0.0170. The zero-order valence-electron chi connectivity index (χ0n) is 12.2. The van der Waals surface area contributed by atoms with Gasteiger partial charge >= 0.3 is 0 Å². The van der Waals surface area contributed by atoms with E-state index in [0.717, 1.165) is 0 Å². The standard InChI is InChI=1S/C13H20F2N2O4S/c1-2-20-7-8-21-11-3-5-12(6-4-11)22(18,19)17-10-13(14,15)9-16/h3-6,17H,2,7-10,16H2,1H3. The van der Waals surface area contributed by atoms with Crippen molar-refractivity contribution >= 4 is 10.0 Å². The predicted molar refractivity (Wildman–Crippen MR) is 77.6 cm³/mol. The molecule has 9 heteroatoms. The molecule has 0 atom stereocenters. The highest BCUT2D eigenvalue weighted by Gasteiger charge is 2.29. The van der Waals surface area contributed by atoms with Crippen LogP contribution in [-0.2, 0) is 14.8 Å². The molecule has 0 amide bonds. The normalized spacial score (nSPS) is 12.4. The lowest BCUT2D eigenvalue weighted by Gasteiger charge is -2.15. The number of hydrogen-bond donors (Lipinski definition) is 2. The summed E-state index contributed by atoms with van der Waals surface area (Å²) < 4.78 is 61.9. The van der Waals surface area contributed by atoms with Crippen LogP contribution in [0.25, 0.3) is 0 Å². The van der Waals surface area contributed by atoms with Crippen molar-refractivity contribution < 1.29 is 26.7 Å². The summed E-state index contributed by atoms with van der Waals surface area (Å²) in [6, 6.07) is 5.45. The topological polar surface area (TPSA) is 90.6 Å². The van der Waals surface area contributed by atoms with Gasteiger partial charge in [-0.25, -0.2) is 21.9 Å². The molecular formula is C13H20F2N2O4S. The van der Waals surface area contributed by atoms with Crippen molar-refractivity contribution in [1.82, 2.24) is 4.72 Å². The van der Waals surface area contributed by atoms with Crippen LogP contribution in [0, 0.1) is 0 Å². The molecule has 0 radical (unpaired) electrons. The molecule has 0 saturated heterocycles. The summed E-state index contributed by atoms with van der Waals surface area (Å²) in [5.74, 6) is -2.82. The van der Waals surface area contributed by atoms with Gasteiger partial charge < -0.3 is 15.2 Å². The quantitative estimate of drug-likeness (QED) is 0.621. The average molecular weight is 338 g/mol. The Morgan fingerprint density at radius 2 is 1.86 bits per heavy atom. The highest BCUT2D eigenvalue weighted by atomic mass is 32.2. The fourth-order valence-corrected chi connectivity index (χ4v) is 2.50. The smallest absolute Gasteiger partial charge is 0.273 e. The van der Waals surface area contributed by atoms with Gasteiger partial charge in [-0.3, -0.25) is 0 Å². The predicted octanol–water partition coefficient (Wildman–Crippen LogP) is 0.974. The number of hydrogen-bond acceptors (Lipinski definition) is 5. The molecule has 126 valence electrons. The number of nitrogens with two attached hydrogens (primary N) is 1. The van der Waals surface area contributed by atoms with Crippen molar-refractivity contribution in [1.29, 1.82) is 0 Å². The molecule has 6 nitrogen and oxygen atoms in total. The average Bonchev–Trinajstić information content (AvgIpc) is 2.50. The first-order chi connectivity index (χ1) is 10.3. The Morgan fingerprint density at radius 3 is 2.41 bits per heavy atom. The molecule has 0 unspecified atom stereocenters. The van der Waals surface area contributed by atoms with Crippen LogP contribution in [0.1, 0.15) is 6.92 Å². The van der Waals surface area contributed by atoms with Gasteiger partial charge in [0.15, 0.2) is 0 Å². The number of alkyl halides is 2. The number of halogens is 2. The fraction of sp³-hybridized carbons (Fsp3) is 0.538. The van der Waals surface area contributed by atoms with E-state index in [9.17, 15) is 17.2 Å². The number of ether oxygens (including phenoxy) is 2. The lowest BCUT2D eigenvalue weighted by atomic mass is 10.3. The van der Waals surface area contributed by atoms with Gasteiger partial charge in [0.2, 0.25) is 10.0 Å². The van der Waals surface area contributed by atoms with Crippen LogP contribution in [0.2, 0.25) is 0 Å². The highest BCUT2D eigenvalue weighted by molar-refractivity contribution is 7.89. The van der Waals surface area contributed by atoms with Gasteiger partial charge in [-0.1, -0.05) is 0 Å². The third kappa shape index (κ3) is 6.22. The van der Waals surface area contributed by atoms with Crippen LogP contribution in [0.5, 0.6) is 5.75 Å². The molecule has 0 aliphatic carbocycles. The van der Waals surface area contributed by atoms with E-state index in [-0.39, 0.29) is 4.90 Å². The van der Waals surface area contributed by atoms with Gasteiger partial charge in [-0.15, -0.1) is 0 Å². The largest absolute Gasteiger partial charge is 0.491 e. The zero-order chi connectivity index (χ0) is 16.6. The maximum Gasteiger partial charge on any atom is 0.273 e. The zero-order valence-corrected chi connectivity index (χ0v) is 13.0. The Morgan fingerprint density at radius 1 is 1.23 bits per heavy atom. The van der Waals surface area contributed by atoms with Gasteiger partial charge in [0.1, 0.15) is 12.4 Å². The minimum atomic E-state index is -4.02. The van der Waals surface area contributed by atoms with Crippen molar-refractivity contribution in [3.63, 3.8) is 0 Å². The Hall–Kier alpha value is -1.29. The van der Waals surface area contributed by atoms with E-state index in [2.05, 4.69) is 0 Å². The molecule has 22 heavy (non-hydrogen) atoms. The van der Waals surface area contributed by atoms with E-state index in [0.29, 0.717) is 25.6 Å². The van der Waals surface area contributed by atoms with Crippen LogP contribution in [0.15, 0.2) is 29.2 Å². The van der Waals surface area contributed by atoms with Crippen LogP contribution < -0.4 is 15.2 Å². The Kier molecular flexibility index (Phi) is 7.14. The molecule has 0 aliphatic rings. The van der Waals surface area contributed by atoms with Gasteiger partial charge in [0.05, 0.1) is 24.6 Å². The molecule has 3 N–H and O–H groups in total. The number of benzene rings is 1. The molecule has 0 aliphatic heterocycles. The second-order valence-electron chi connectivity index (χ2n) is 4.40. The van der Waals surface area contributed by atoms with Crippen LogP contribution in [-0.4, -0.2) is 47.3 Å². The van der Waals surface area contributed by atoms with Crippen molar-refractivity contribution in [3.05, 3.63) is 24.3 Å². The number of sulfonamides is 1. The fourth-order valence-electron chi connectivity index (χ4n) is 1.43. The van der Waals surface area contributed by atoms with E-state index >= 15 is 0 Å². The molecular weight excluding hydrogens is 318 g/mol. The molecule has 0 aromatic heterocycles. The summed E-state index contributed by atoms with van der Waals surface area (Å²) >= 11 is 0. The molecule has 0 saturated carbocycles. The SMILES string of the molecule is CCOCCOc1ccc(S(=O)(=O)NCC(F)(F)CN)cc1. The van der Waals surface area contributed by atoms with E-state index in [1.165, 1.54) is 24.3 Å². The first-order valence-corrected chi connectivity index (χ1v) is 8.17. The summed E-state index contributed by atoms with van der Waals surface area (Å²) in [5.41, 5.74) is 4.85. The molecule has 0 heterocycles. The van der Waals surface area contributed by atoms with Gasteiger partial charge in [-0.05, 0) is 31.2 Å². The second kappa shape index (κ2) is 8.37. The van der Waals surface area contributed by atoms with Crippen molar-refractivity contribution in [3.8, 4) is 5.75 Å². The molecule has 1 rings (SSSR count). The Labute approximate surface area is 128 Å². The maximum absolute atomic E-state index is 13.0. The molecule has 0 fully saturated rings. The Balaban J connectivity index is 2.61. The third-order valence-corrected chi connectivity index (χ3v) is 4.07. The van der Waals surface area contributed by atoms with Crippen molar-refractivity contribution in [2.24, 2.45) is 5.73 Å². The summed E-state index contributed by atoms with van der Waals surface area (Å²) in [6.45, 7) is 1.23. The monoisotopic (exact) mass is 338 g/mol. The van der Waals surface area contributed by atoms with Gasteiger partial charge in [0.25, 0.3) is 5.92 Å². The highest BCUT2D eigenvalue weighted by Crippen LogP contribution is 2.17. The van der Waals surface area contributed by atoms with Gasteiger partial charge in [-0.2, -0.15) is 0 Å². The summed E-state index contributed by atoms with van der Waals surface area (Å²) in [6.07, 6.45) is 0. The van der Waals surface area contributed by atoms with Crippen molar-refractivity contribution in [2.75, 3.05) is 32.9 Å². The lowest BCUT2D eigenvalue weighted by Crippen LogP contribution is -2.41. The van der Waals surface area contributed by atoms with Crippen LogP contribution >= 0.6 is 0 Å². The van der Waals surface area contributed by atoms with E-state index in [1.807, 2.05) is 11.6 Å². The number of rotatable bonds is 10. The molecule has 0 spiro atoms. The maximum atomic E-state index is 13.0. The second-order valence-corrected chi connectivity index (χ2v) is 6.17. The summed E-state index contributed by atoms with van der Waals surface area (Å²) in [4.78, 5) is -0.127. The molecule has 0 bridgehead atoms. The first kappa shape index (κ1) is 18.8. The minimum absolute atomic E-state index is 0.127. The number of nitrogens with one attached hydrogen (secondary N) is 1. The van der Waals surface area contributed by atoms with Crippen molar-refractivity contribution in [2.45, 2.75) is 17.7 Å². The molecule has 1 aromatic rings. The first-order valence-electron chi connectivity index (χ1n) is 6.69. The van der Waals surface area contributed by atoms with Crippen LogP contribution in [0.3, 0.4) is 0 Å².